The van der Waals surface area contributed by atoms with Crippen LogP contribution in [-0.4, -0.2) is 4.98 Å². The van der Waals surface area contributed by atoms with Crippen molar-refractivity contribution in [2.24, 2.45) is 0 Å². The molecule has 1 aromatic heterocycles. The first-order valence-electron chi connectivity index (χ1n) is 3.10. The van der Waals surface area contributed by atoms with Crippen molar-refractivity contribution >= 4 is 31.9 Å². The minimum Gasteiger partial charge on any atom is -0.228 e. The Balaban J connectivity index is 3.31. The number of nitriles is 1. The number of halogens is 4. The summed E-state index contributed by atoms with van der Waals surface area (Å²) in [6, 6.07) is 2.95. The summed E-state index contributed by atoms with van der Waals surface area (Å²) in [5.74, 6) is 0. The lowest BCUT2D eigenvalue weighted by molar-refractivity contribution is 0.150. The molecule has 1 heterocycles. The molecule has 68 valence electrons. The van der Waals surface area contributed by atoms with Gasteiger partial charge in [-0.05, 0) is 37.9 Å². The average Bonchev–Trinajstić information content (AvgIpc) is 2.07. The summed E-state index contributed by atoms with van der Waals surface area (Å²) in [5, 5.41) is 8.52. The van der Waals surface area contributed by atoms with Gasteiger partial charge in [-0.1, -0.05) is 0 Å². The Hall–Kier alpha value is -0.540. The van der Waals surface area contributed by atoms with Gasteiger partial charge < -0.3 is 0 Å². The molecule has 2 nitrogen and oxygen atoms in total. The van der Waals surface area contributed by atoms with E-state index in [9.17, 15) is 8.78 Å². The molecule has 1 rings (SSSR count). The van der Waals surface area contributed by atoms with Crippen LogP contribution in [-0.2, 0) is 0 Å². The van der Waals surface area contributed by atoms with E-state index < -0.39 is 6.43 Å². The molecule has 0 saturated heterocycles. The van der Waals surface area contributed by atoms with E-state index in [1.54, 1.807) is 6.07 Å². The Morgan fingerprint density at radius 3 is 2.54 bits per heavy atom. The van der Waals surface area contributed by atoms with Gasteiger partial charge in [0.2, 0.25) is 0 Å². The van der Waals surface area contributed by atoms with Crippen molar-refractivity contribution in [1.29, 1.82) is 5.26 Å². The van der Waals surface area contributed by atoms with E-state index in [2.05, 4.69) is 36.8 Å². The highest BCUT2D eigenvalue weighted by Gasteiger charge is 2.15. The van der Waals surface area contributed by atoms with Crippen molar-refractivity contribution in [3.05, 3.63) is 26.4 Å². The van der Waals surface area contributed by atoms with Crippen molar-refractivity contribution in [3.63, 3.8) is 0 Å². The molecule has 0 amide bonds. The van der Waals surface area contributed by atoms with Crippen LogP contribution in [0.5, 0.6) is 0 Å². The highest BCUT2D eigenvalue weighted by molar-refractivity contribution is 9.11. The second-order valence-corrected chi connectivity index (χ2v) is 3.72. The normalized spacial score (nSPS) is 10.2. The first kappa shape index (κ1) is 10.5. The van der Waals surface area contributed by atoms with Crippen molar-refractivity contribution in [3.8, 4) is 6.07 Å². The number of rotatable bonds is 1. The van der Waals surface area contributed by atoms with Gasteiger partial charge in [-0.2, -0.15) is 5.26 Å². The fraction of sp³-hybridized carbons (Fsp3) is 0.143. The van der Waals surface area contributed by atoms with Gasteiger partial charge in [-0.25, -0.2) is 13.8 Å². The molecule has 13 heavy (non-hydrogen) atoms. The maximum atomic E-state index is 12.3. The maximum absolute atomic E-state index is 12.3. The summed E-state index contributed by atoms with van der Waals surface area (Å²) < 4.78 is 24.8. The summed E-state index contributed by atoms with van der Waals surface area (Å²) >= 11 is 5.83. The molecule has 0 aliphatic carbocycles. The fourth-order valence-electron chi connectivity index (χ4n) is 0.712. The van der Waals surface area contributed by atoms with Gasteiger partial charge in [0.1, 0.15) is 10.7 Å². The minimum atomic E-state index is -2.61. The second kappa shape index (κ2) is 4.11. The topological polar surface area (TPSA) is 36.7 Å². The van der Waals surface area contributed by atoms with Crippen LogP contribution in [0.2, 0.25) is 0 Å². The van der Waals surface area contributed by atoms with Crippen molar-refractivity contribution in [2.75, 3.05) is 0 Å². The zero-order chi connectivity index (χ0) is 10.0. The van der Waals surface area contributed by atoms with Crippen LogP contribution in [0.4, 0.5) is 8.78 Å². The lowest BCUT2D eigenvalue weighted by Gasteiger charge is -2.03. The van der Waals surface area contributed by atoms with E-state index in [0.717, 1.165) is 0 Å². The zero-order valence-corrected chi connectivity index (χ0v) is 9.23. The van der Waals surface area contributed by atoms with Gasteiger partial charge in [0.05, 0.1) is 10.0 Å². The standard InChI is InChI=1S/C7H2Br2F2N2/c8-4-1-3(7(10)11)6(9)13-5(4)2-12/h1,7H. The van der Waals surface area contributed by atoms with Crippen LogP contribution in [0.1, 0.15) is 17.7 Å². The summed E-state index contributed by atoms with van der Waals surface area (Å²) in [7, 11) is 0. The van der Waals surface area contributed by atoms with Gasteiger partial charge in [-0.3, -0.25) is 0 Å². The minimum absolute atomic E-state index is 0.00208. The molecule has 0 spiro atoms. The molecular formula is C7H2Br2F2N2. The zero-order valence-electron chi connectivity index (χ0n) is 6.06. The number of nitrogens with zero attached hydrogens (tertiary/aromatic N) is 2. The average molecular weight is 312 g/mol. The Bertz CT molecular complexity index is 373. The smallest absolute Gasteiger partial charge is 0.228 e. The molecule has 0 unspecified atom stereocenters. The first-order valence-corrected chi connectivity index (χ1v) is 4.69. The third-order valence-corrected chi connectivity index (χ3v) is 2.54. The summed E-state index contributed by atoms with van der Waals surface area (Å²) in [6.07, 6.45) is -2.61. The molecule has 0 saturated carbocycles. The van der Waals surface area contributed by atoms with Gasteiger partial charge in [0.15, 0.2) is 5.69 Å². The van der Waals surface area contributed by atoms with E-state index >= 15 is 0 Å². The lowest BCUT2D eigenvalue weighted by Crippen LogP contribution is -1.93. The molecular weight excluding hydrogens is 310 g/mol. The highest BCUT2D eigenvalue weighted by Crippen LogP contribution is 2.29. The SMILES string of the molecule is N#Cc1nc(Br)c(C(F)F)cc1Br. The van der Waals surface area contributed by atoms with Gasteiger partial charge in [-0.15, -0.1) is 0 Å². The molecule has 1 aromatic rings. The van der Waals surface area contributed by atoms with Crippen LogP contribution in [0.15, 0.2) is 15.1 Å². The fourth-order valence-corrected chi connectivity index (χ4v) is 1.60. The van der Waals surface area contributed by atoms with E-state index in [0.29, 0.717) is 0 Å². The summed E-state index contributed by atoms with van der Waals surface area (Å²) in [6.45, 7) is 0. The lowest BCUT2D eigenvalue weighted by atomic mass is 10.2. The quantitative estimate of drug-likeness (QED) is 0.745. The number of alkyl halides is 2. The Morgan fingerprint density at radius 1 is 1.46 bits per heavy atom. The molecule has 0 aromatic carbocycles. The molecule has 0 aliphatic rings. The van der Waals surface area contributed by atoms with Gasteiger partial charge in [0.25, 0.3) is 6.43 Å². The second-order valence-electron chi connectivity index (χ2n) is 2.11. The predicted octanol–water partition coefficient (Wildman–Crippen LogP) is 3.42. The first-order chi connectivity index (χ1) is 6.06. The molecule has 0 atom stereocenters. The molecule has 0 N–H and O–H groups in total. The highest BCUT2D eigenvalue weighted by atomic mass is 79.9. The molecule has 0 bridgehead atoms. The van der Waals surface area contributed by atoms with Crippen molar-refractivity contribution in [1.82, 2.24) is 4.98 Å². The molecule has 0 fully saturated rings. The largest absolute Gasteiger partial charge is 0.266 e. The third kappa shape index (κ3) is 2.23. The van der Waals surface area contributed by atoms with E-state index in [1.165, 1.54) is 6.07 Å². The third-order valence-electron chi connectivity index (χ3n) is 1.30. The predicted molar refractivity (Wildman–Crippen MR) is 49.3 cm³/mol. The summed E-state index contributed by atoms with van der Waals surface area (Å²) in [5.41, 5.74) is -0.151. The van der Waals surface area contributed by atoms with Gasteiger partial charge >= 0.3 is 0 Å². The van der Waals surface area contributed by atoms with Crippen LogP contribution >= 0.6 is 31.9 Å². The van der Waals surface area contributed by atoms with Crippen LogP contribution < -0.4 is 0 Å². The Labute approximate surface area is 89.8 Å². The van der Waals surface area contributed by atoms with Crippen LogP contribution in [0.25, 0.3) is 0 Å². The monoisotopic (exact) mass is 310 g/mol. The van der Waals surface area contributed by atoms with E-state index in [-0.39, 0.29) is 20.3 Å². The molecule has 0 aliphatic heterocycles. The van der Waals surface area contributed by atoms with Crippen LogP contribution in [0, 0.1) is 11.3 Å². The molecule has 6 heteroatoms. The van der Waals surface area contributed by atoms with Crippen molar-refractivity contribution < 1.29 is 8.78 Å². The molecule has 0 radical (unpaired) electrons. The number of aromatic nitrogens is 1. The number of hydrogen-bond acceptors (Lipinski definition) is 2. The Kier molecular flexibility index (Phi) is 3.33. The Morgan fingerprint density at radius 2 is 2.08 bits per heavy atom. The maximum Gasteiger partial charge on any atom is 0.266 e. The van der Waals surface area contributed by atoms with E-state index in [1.807, 2.05) is 0 Å². The van der Waals surface area contributed by atoms with Crippen LogP contribution in [0.3, 0.4) is 0 Å². The van der Waals surface area contributed by atoms with E-state index in [4.69, 9.17) is 5.26 Å². The number of pyridine rings is 1. The van der Waals surface area contributed by atoms with Gasteiger partial charge in [0, 0.05) is 0 Å². The number of hydrogen-bond donors (Lipinski definition) is 0. The summed E-state index contributed by atoms with van der Waals surface area (Å²) in [4.78, 5) is 3.64. The van der Waals surface area contributed by atoms with Crippen molar-refractivity contribution in [2.45, 2.75) is 6.43 Å².